The predicted molar refractivity (Wildman–Crippen MR) is 131 cm³/mol. The number of aliphatic hydroxyl groups excluding tert-OH is 1. The van der Waals surface area contributed by atoms with E-state index in [2.05, 4.69) is 15.6 Å². The molecule has 1 heterocycles. The molecule has 0 radical (unpaired) electrons. The van der Waals surface area contributed by atoms with E-state index in [-0.39, 0.29) is 5.56 Å². The monoisotopic (exact) mass is 459 g/mol. The molecule has 8 nitrogen and oxygen atoms in total. The standard InChI is InChI=1S/C26H25N3O5/c1-2-3-14-34-26(33)27-17-9-6-8-16(15-17)24(30)29-22-18-10-4-5-13-21(18)28-23-19(22)11-7-12-20(23)25(31)32/h4-13,15,24,30H,2-3,14H2,1H3,(H,27,33)(H,28,29)(H,31,32). The minimum atomic E-state index is -1.14. The van der Waals surface area contributed by atoms with E-state index < -0.39 is 18.3 Å². The topological polar surface area (TPSA) is 121 Å². The summed E-state index contributed by atoms with van der Waals surface area (Å²) in [6, 6.07) is 19.0. The molecule has 4 N–H and O–H groups in total. The summed E-state index contributed by atoms with van der Waals surface area (Å²) >= 11 is 0. The number of anilines is 2. The Kier molecular flexibility index (Phi) is 6.89. The van der Waals surface area contributed by atoms with E-state index in [4.69, 9.17) is 4.74 Å². The van der Waals surface area contributed by atoms with Crippen molar-refractivity contribution in [3.8, 4) is 0 Å². The van der Waals surface area contributed by atoms with Crippen molar-refractivity contribution in [2.45, 2.75) is 26.0 Å². The Bertz CT molecular complexity index is 1360. The van der Waals surface area contributed by atoms with Crippen molar-refractivity contribution in [2.24, 2.45) is 0 Å². The largest absolute Gasteiger partial charge is 0.478 e. The molecule has 1 aromatic heterocycles. The summed E-state index contributed by atoms with van der Waals surface area (Å²) in [4.78, 5) is 28.3. The van der Waals surface area contributed by atoms with Crippen molar-refractivity contribution in [3.05, 3.63) is 77.9 Å². The van der Waals surface area contributed by atoms with Gasteiger partial charge in [-0.3, -0.25) is 5.32 Å². The van der Waals surface area contributed by atoms with Crippen LogP contribution < -0.4 is 10.6 Å². The van der Waals surface area contributed by atoms with Crippen molar-refractivity contribution in [2.75, 3.05) is 17.2 Å². The molecule has 1 amide bonds. The number of nitrogens with one attached hydrogen (secondary N) is 2. The quantitative estimate of drug-likeness (QED) is 0.155. The average Bonchev–Trinajstić information content (AvgIpc) is 2.83. The van der Waals surface area contributed by atoms with Gasteiger partial charge in [-0.05, 0) is 30.7 Å². The summed E-state index contributed by atoms with van der Waals surface area (Å²) in [7, 11) is 0. The van der Waals surface area contributed by atoms with Gasteiger partial charge >= 0.3 is 12.1 Å². The number of hydrogen-bond acceptors (Lipinski definition) is 6. The number of aromatic nitrogens is 1. The van der Waals surface area contributed by atoms with Gasteiger partial charge in [0, 0.05) is 22.0 Å². The SMILES string of the molecule is CCCCOC(=O)Nc1cccc(C(O)Nc2c3ccccc3nc3c(C(=O)O)cccc23)c1. The number of nitrogens with zero attached hydrogens (tertiary/aromatic N) is 1. The maximum Gasteiger partial charge on any atom is 0.411 e. The first-order valence-electron chi connectivity index (χ1n) is 11.0. The molecule has 0 aliphatic carbocycles. The number of benzene rings is 3. The average molecular weight is 460 g/mol. The van der Waals surface area contributed by atoms with Gasteiger partial charge in [0.15, 0.2) is 6.23 Å². The number of ether oxygens (including phenoxy) is 1. The molecule has 0 saturated carbocycles. The van der Waals surface area contributed by atoms with E-state index in [0.29, 0.717) is 40.0 Å². The van der Waals surface area contributed by atoms with E-state index in [1.54, 1.807) is 42.5 Å². The molecular weight excluding hydrogens is 434 g/mol. The number of para-hydroxylation sites is 2. The second-order valence-electron chi connectivity index (χ2n) is 7.80. The first kappa shape index (κ1) is 23.0. The third-order valence-corrected chi connectivity index (χ3v) is 5.40. The molecule has 1 atom stereocenters. The van der Waals surface area contributed by atoms with E-state index in [1.807, 2.05) is 25.1 Å². The molecule has 174 valence electrons. The molecule has 1 unspecified atom stereocenters. The fourth-order valence-corrected chi connectivity index (χ4v) is 3.71. The maximum absolute atomic E-state index is 12.0. The van der Waals surface area contributed by atoms with Gasteiger partial charge in [0.2, 0.25) is 0 Å². The molecule has 0 bridgehead atoms. The molecular formula is C26H25N3O5. The Morgan fingerprint density at radius 1 is 1.03 bits per heavy atom. The summed E-state index contributed by atoms with van der Waals surface area (Å²) in [6.07, 6.45) is 0.0150. The van der Waals surface area contributed by atoms with Crippen molar-refractivity contribution in [3.63, 3.8) is 0 Å². The second kappa shape index (κ2) is 10.2. The smallest absolute Gasteiger partial charge is 0.411 e. The number of fused-ring (bicyclic) bond motifs is 2. The molecule has 3 aromatic carbocycles. The third-order valence-electron chi connectivity index (χ3n) is 5.40. The fourth-order valence-electron chi connectivity index (χ4n) is 3.71. The predicted octanol–water partition coefficient (Wildman–Crippen LogP) is 5.54. The van der Waals surface area contributed by atoms with Gasteiger partial charge in [0.25, 0.3) is 0 Å². The van der Waals surface area contributed by atoms with Crippen molar-refractivity contribution in [1.82, 2.24) is 4.98 Å². The third kappa shape index (κ3) is 4.92. The van der Waals surface area contributed by atoms with Crippen LogP contribution in [0.5, 0.6) is 0 Å². The highest BCUT2D eigenvalue weighted by Crippen LogP contribution is 2.34. The highest BCUT2D eigenvalue weighted by molar-refractivity contribution is 6.12. The minimum absolute atomic E-state index is 0.0774. The number of carboxylic acids is 1. The lowest BCUT2D eigenvalue weighted by molar-refractivity contribution is 0.0698. The number of rotatable bonds is 8. The van der Waals surface area contributed by atoms with Crippen LogP contribution in [0.4, 0.5) is 16.2 Å². The molecule has 8 heteroatoms. The van der Waals surface area contributed by atoms with E-state index in [1.165, 1.54) is 6.07 Å². The first-order chi connectivity index (χ1) is 16.5. The number of hydrogen-bond donors (Lipinski definition) is 4. The Labute approximate surface area is 196 Å². The lowest BCUT2D eigenvalue weighted by atomic mass is 10.0. The highest BCUT2D eigenvalue weighted by atomic mass is 16.5. The number of carbonyl (C=O) groups excluding carboxylic acids is 1. The normalized spacial score (nSPS) is 11.8. The zero-order valence-electron chi connectivity index (χ0n) is 18.6. The van der Waals surface area contributed by atoms with Crippen LogP contribution in [0.3, 0.4) is 0 Å². The van der Waals surface area contributed by atoms with Crippen LogP contribution in [-0.4, -0.2) is 33.9 Å². The number of carbonyl (C=O) groups is 2. The van der Waals surface area contributed by atoms with E-state index in [9.17, 15) is 19.8 Å². The lowest BCUT2D eigenvalue weighted by Crippen LogP contribution is -2.15. The number of aromatic carboxylic acids is 1. The summed E-state index contributed by atoms with van der Waals surface area (Å²) in [5.41, 5.74) is 2.56. The summed E-state index contributed by atoms with van der Waals surface area (Å²) in [5, 5.41) is 27.7. The summed E-state index contributed by atoms with van der Waals surface area (Å²) in [6.45, 7) is 2.35. The maximum atomic E-state index is 12.0. The molecule has 4 aromatic rings. The number of carboxylic acid groups (broad SMARTS) is 1. The van der Waals surface area contributed by atoms with Gasteiger partial charge in [0.05, 0.1) is 28.9 Å². The Balaban J connectivity index is 1.67. The number of amides is 1. The van der Waals surface area contributed by atoms with Crippen molar-refractivity contribution in [1.29, 1.82) is 0 Å². The minimum Gasteiger partial charge on any atom is -0.478 e. The van der Waals surface area contributed by atoms with Gasteiger partial charge in [-0.25, -0.2) is 14.6 Å². The van der Waals surface area contributed by atoms with Crippen LogP contribution >= 0.6 is 0 Å². The molecule has 0 fully saturated rings. The molecule has 0 aliphatic heterocycles. The van der Waals surface area contributed by atoms with Crippen LogP contribution in [0.25, 0.3) is 21.8 Å². The van der Waals surface area contributed by atoms with E-state index >= 15 is 0 Å². The molecule has 4 rings (SSSR count). The second-order valence-corrected chi connectivity index (χ2v) is 7.80. The van der Waals surface area contributed by atoms with Crippen LogP contribution in [0.15, 0.2) is 66.7 Å². The van der Waals surface area contributed by atoms with Gasteiger partial charge < -0.3 is 20.3 Å². The number of pyridine rings is 1. The fraction of sp³-hybridized carbons (Fsp3) is 0.192. The van der Waals surface area contributed by atoms with Gasteiger partial charge in [0.1, 0.15) is 0 Å². The van der Waals surface area contributed by atoms with Crippen LogP contribution in [0, 0.1) is 0 Å². The molecule has 0 aliphatic rings. The molecule has 0 saturated heterocycles. The zero-order valence-corrected chi connectivity index (χ0v) is 18.6. The first-order valence-corrected chi connectivity index (χ1v) is 11.0. The van der Waals surface area contributed by atoms with Gasteiger partial charge in [-0.15, -0.1) is 0 Å². The zero-order chi connectivity index (χ0) is 24.1. The molecule has 0 spiro atoms. The summed E-state index contributed by atoms with van der Waals surface area (Å²) < 4.78 is 5.13. The summed E-state index contributed by atoms with van der Waals surface area (Å²) in [5.74, 6) is -1.08. The van der Waals surface area contributed by atoms with Crippen LogP contribution in [0.2, 0.25) is 0 Å². The Morgan fingerprint density at radius 3 is 2.59 bits per heavy atom. The van der Waals surface area contributed by atoms with Gasteiger partial charge in [-0.2, -0.15) is 0 Å². The Morgan fingerprint density at radius 2 is 1.79 bits per heavy atom. The highest BCUT2D eigenvalue weighted by Gasteiger charge is 2.18. The van der Waals surface area contributed by atoms with Crippen LogP contribution in [-0.2, 0) is 4.74 Å². The van der Waals surface area contributed by atoms with Gasteiger partial charge in [-0.1, -0.05) is 55.8 Å². The Hall–Kier alpha value is -4.17. The van der Waals surface area contributed by atoms with Crippen molar-refractivity contribution < 1.29 is 24.5 Å². The molecule has 34 heavy (non-hydrogen) atoms. The lowest BCUT2D eigenvalue weighted by Gasteiger charge is -2.19. The number of aliphatic hydroxyl groups is 1. The van der Waals surface area contributed by atoms with Crippen molar-refractivity contribution >= 4 is 45.2 Å². The van der Waals surface area contributed by atoms with E-state index in [0.717, 1.165) is 18.2 Å². The van der Waals surface area contributed by atoms with Crippen LogP contribution in [0.1, 0.15) is 41.9 Å². The number of unbranched alkanes of at least 4 members (excludes halogenated alkanes) is 1.